The molecule has 3 unspecified atom stereocenters. The van der Waals surface area contributed by atoms with Crippen molar-refractivity contribution in [3.05, 3.63) is 0 Å². The monoisotopic (exact) mass is 242 g/mol. The van der Waals surface area contributed by atoms with Crippen LogP contribution in [0.5, 0.6) is 0 Å². The molecule has 3 heteroatoms. The molecular weight excluding hydrogens is 216 g/mol. The van der Waals surface area contributed by atoms with Crippen molar-refractivity contribution in [1.82, 2.24) is 0 Å². The van der Waals surface area contributed by atoms with Crippen LogP contribution in [0.4, 0.5) is 0 Å². The fraction of sp³-hybridized carbons (Fsp3) is 1.00. The smallest absolute Gasteiger partial charge is 0.0491 e. The van der Waals surface area contributed by atoms with Gasteiger partial charge >= 0.3 is 0 Å². The average Bonchev–Trinajstić information content (AvgIpc) is 2.94. The zero-order chi connectivity index (χ0) is 12.1. The standard InChI is InChI=1S/C14H26O3/c1-16-6-2-7-17-8-5-14(11-15)10-12-3-4-13(14)9-12/h12-13,15H,2-11H2,1H3. The fourth-order valence-electron chi connectivity index (χ4n) is 3.82. The minimum absolute atomic E-state index is 0.199. The zero-order valence-corrected chi connectivity index (χ0v) is 11.0. The van der Waals surface area contributed by atoms with E-state index in [0.29, 0.717) is 6.61 Å². The van der Waals surface area contributed by atoms with E-state index in [2.05, 4.69) is 0 Å². The molecule has 2 rings (SSSR count). The molecule has 2 aliphatic rings. The first-order chi connectivity index (χ1) is 8.30. The second-order valence-corrected chi connectivity index (χ2v) is 5.81. The number of methoxy groups -OCH3 is 1. The summed E-state index contributed by atoms with van der Waals surface area (Å²) in [4.78, 5) is 0. The highest BCUT2D eigenvalue weighted by molar-refractivity contribution is 4.99. The molecule has 0 radical (unpaired) electrons. The molecule has 3 atom stereocenters. The molecule has 17 heavy (non-hydrogen) atoms. The van der Waals surface area contributed by atoms with Crippen LogP contribution < -0.4 is 0 Å². The fourth-order valence-corrected chi connectivity index (χ4v) is 3.82. The first kappa shape index (κ1) is 13.3. The first-order valence-corrected chi connectivity index (χ1v) is 6.98. The molecule has 0 amide bonds. The van der Waals surface area contributed by atoms with E-state index in [1.165, 1.54) is 25.7 Å². The third-order valence-electron chi connectivity index (χ3n) is 4.80. The van der Waals surface area contributed by atoms with Crippen molar-refractivity contribution < 1.29 is 14.6 Å². The van der Waals surface area contributed by atoms with Gasteiger partial charge in [-0.2, -0.15) is 0 Å². The average molecular weight is 242 g/mol. The minimum atomic E-state index is 0.199. The SMILES string of the molecule is COCCCOCCC1(CO)CC2CCC1C2. The van der Waals surface area contributed by atoms with E-state index >= 15 is 0 Å². The second kappa shape index (κ2) is 6.17. The highest BCUT2D eigenvalue weighted by atomic mass is 16.5. The Balaban J connectivity index is 1.66. The lowest BCUT2D eigenvalue weighted by molar-refractivity contribution is 0.0158. The summed E-state index contributed by atoms with van der Waals surface area (Å²) in [6.45, 7) is 2.71. The lowest BCUT2D eigenvalue weighted by Gasteiger charge is -2.36. The molecule has 0 spiro atoms. The maximum absolute atomic E-state index is 9.70. The van der Waals surface area contributed by atoms with Crippen molar-refractivity contribution in [2.45, 2.75) is 38.5 Å². The highest BCUT2D eigenvalue weighted by Crippen LogP contribution is 2.57. The lowest BCUT2D eigenvalue weighted by atomic mass is 9.71. The molecule has 100 valence electrons. The van der Waals surface area contributed by atoms with Crippen LogP contribution in [0.25, 0.3) is 0 Å². The van der Waals surface area contributed by atoms with E-state index in [1.807, 2.05) is 0 Å². The predicted octanol–water partition coefficient (Wildman–Crippen LogP) is 2.23. The Morgan fingerprint density at radius 1 is 1.24 bits per heavy atom. The number of rotatable bonds is 8. The summed E-state index contributed by atoms with van der Waals surface area (Å²) in [6, 6.07) is 0. The van der Waals surface area contributed by atoms with E-state index in [9.17, 15) is 5.11 Å². The summed E-state index contributed by atoms with van der Waals surface area (Å²) >= 11 is 0. The molecule has 2 fully saturated rings. The van der Waals surface area contributed by atoms with Gasteiger partial charge in [0.05, 0.1) is 0 Å². The van der Waals surface area contributed by atoms with Gasteiger partial charge < -0.3 is 14.6 Å². The number of ether oxygens (including phenoxy) is 2. The largest absolute Gasteiger partial charge is 0.396 e. The van der Waals surface area contributed by atoms with E-state index in [4.69, 9.17) is 9.47 Å². The molecule has 1 N–H and O–H groups in total. The van der Waals surface area contributed by atoms with Gasteiger partial charge in [0.1, 0.15) is 0 Å². The third kappa shape index (κ3) is 3.01. The second-order valence-electron chi connectivity index (χ2n) is 5.81. The van der Waals surface area contributed by atoms with Crippen molar-refractivity contribution in [2.24, 2.45) is 17.3 Å². The maximum atomic E-state index is 9.70. The quantitative estimate of drug-likeness (QED) is 0.663. The van der Waals surface area contributed by atoms with Gasteiger partial charge in [-0.15, -0.1) is 0 Å². The van der Waals surface area contributed by atoms with Crippen molar-refractivity contribution in [1.29, 1.82) is 0 Å². The van der Waals surface area contributed by atoms with Gasteiger partial charge in [0, 0.05) is 33.5 Å². The predicted molar refractivity (Wildman–Crippen MR) is 66.9 cm³/mol. The van der Waals surface area contributed by atoms with Crippen molar-refractivity contribution in [3.63, 3.8) is 0 Å². The maximum Gasteiger partial charge on any atom is 0.0491 e. The van der Waals surface area contributed by atoms with E-state index in [0.717, 1.165) is 44.5 Å². The van der Waals surface area contributed by atoms with Gasteiger partial charge in [-0.25, -0.2) is 0 Å². The van der Waals surface area contributed by atoms with E-state index in [1.54, 1.807) is 7.11 Å². The summed E-state index contributed by atoms with van der Waals surface area (Å²) < 4.78 is 10.6. The van der Waals surface area contributed by atoms with E-state index < -0.39 is 0 Å². The molecular formula is C14H26O3. The van der Waals surface area contributed by atoms with Crippen LogP contribution in [0.3, 0.4) is 0 Å². The van der Waals surface area contributed by atoms with Gasteiger partial charge in [-0.3, -0.25) is 0 Å². The Morgan fingerprint density at radius 3 is 2.71 bits per heavy atom. The Morgan fingerprint density at radius 2 is 2.12 bits per heavy atom. The van der Waals surface area contributed by atoms with Crippen LogP contribution in [0.2, 0.25) is 0 Å². The molecule has 0 aromatic heterocycles. The molecule has 2 bridgehead atoms. The Bertz CT molecular complexity index is 232. The molecule has 0 saturated heterocycles. The zero-order valence-electron chi connectivity index (χ0n) is 11.0. The van der Waals surface area contributed by atoms with E-state index in [-0.39, 0.29) is 5.41 Å². The molecule has 3 nitrogen and oxygen atoms in total. The molecule has 2 saturated carbocycles. The molecule has 0 aliphatic heterocycles. The number of hydrogen-bond acceptors (Lipinski definition) is 3. The van der Waals surface area contributed by atoms with Gasteiger partial charge in [-0.05, 0) is 49.4 Å². The summed E-state index contributed by atoms with van der Waals surface area (Å²) in [5, 5.41) is 9.70. The van der Waals surface area contributed by atoms with Crippen LogP contribution in [-0.2, 0) is 9.47 Å². The summed E-state index contributed by atoms with van der Waals surface area (Å²) in [5.74, 6) is 1.65. The van der Waals surface area contributed by atoms with Crippen molar-refractivity contribution in [3.8, 4) is 0 Å². The highest BCUT2D eigenvalue weighted by Gasteiger charge is 2.49. The molecule has 2 aliphatic carbocycles. The van der Waals surface area contributed by atoms with Gasteiger partial charge in [0.25, 0.3) is 0 Å². The summed E-state index contributed by atoms with van der Waals surface area (Å²) in [7, 11) is 1.72. The van der Waals surface area contributed by atoms with Crippen LogP contribution >= 0.6 is 0 Å². The number of aliphatic hydroxyl groups excluding tert-OH is 1. The minimum Gasteiger partial charge on any atom is -0.396 e. The Labute approximate surface area is 104 Å². The van der Waals surface area contributed by atoms with Crippen molar-refractivity contribution >= 4 is 0 Å². The summed E-state index contributed by atoms with van der Waals surface area (Å²) in [5.41, 5.74) is 0.199. The molecule has 0 aromatic rings. The molecule has 0 heterocycles. The van der Waals surface area contributed by atoms with Crippen LogP contribution in [0, 0.1) is 17.3 Å². The number of fused-ring (bicyclic) bond motifs is 2. The number of hydrogen-bond donors (Lipinski definition) is 1. The van der Waals surface area contributed by atoms with Gasteiger partial charge in [-0.1, -0.05) is 6.42 Å². The lowest BCUT2D eigenvalue weighted by Crippen LogP contribution is -2.33. The normalized spacial score (nSPS) is 35.6. The summed E-state index contributed by atoms with van der Waals surface area (Å²) in [6.07, 6.45) is 7.31. The van der Waals surface area contributed by atoms with Crippen LogP contribution in [0.1, 0.15) is 38.5 Å². The third-order valence-corrected chi connectivity index (χ3v) is 4.80. The van der Waals surface area contributed by atoms with Crippen LogP contribution in [0.15, 0.2) is 0 Å². The topological polar surface area (TPSA) is 38.7 Å². The van der Waals surface area contributed by atoms with Crippen molar-refractivity contribution in [2.75, 3.05) is 33.5 Å². The number of aliphatic hydroxyl groups is 1. The first-order valence-electron chi connectivity index (χ1n) is 6.98. The van der Waals surface area contributed by atoms with Gasteiger partial charge in [0.15, 0.2) is 0 Å². The van der Waals surface area contributed by atoms with Gasteiger partial charge in [0.2, 0.25) is 0 Å². The Kier molecular flexibility index (Phi) is 4.83. The molecule has 0 aromatic carbocycles. The Hall–Kier alpha value is -0.120. The van der Waals surface area contributed by atoms with Crippen LogP contribution in [-0.4, -0.2) is 38.6 Å².